The predicted octanol–water partition coefficient (Wildman–Crippen LogP) is 2.99. The zero-order valence-electron chi connectivity index (χ0n) is 14.1. The lowest BCUT2D eigenvalue weighted by molar-refractivity contribution is 0.0876. The van der Waals surface area contributed by atoms with Gasteiger partial charge in [0.15, 0.2) is 5.13 Å². The minimum Gasteiger partial charge on any atom is -0.475 e. The van der Waals surface area contributed by atoms with Gasteiger partial charge in [0.05, 0.1) is 18.3 Å². The predicted molar refractivity (Wildman–Crippen MR) is 92.0 cm³/mol. The number of thiazole rings is 1. The third kappa shape index (κ3) is 5.47. The van der Waals surface area contributed by atoms with Gasteiger partial charge in [-0.15, -0.1) is 11.3 Å². The van der Waals surface area contributed by atoms with E-state index in [9.17, 15) is 4.79 Å². The van der Waals surface area contributed by atoms with Gasteiger partial charge in [-0.2, -0.15) is 4.98 Å². The summed E-state index contributed by atoms with van der Waals surface area (Å²) in [5.74, 6) is 0.337. The van der Waals surface area contributed by atoms with Gasteiger partial charge in [0.25, 0.3) is 5.91 Å². The second kappa shape index (κ2) is 8.60. The van der Waals surface area contributed by atoms with Gasteiger partial charge in [-0.1, -0.05) is 0 Å². The number of carbonyl (C=O) groups is 1. The quantitative estimate of drug-likeness (QED) is 0.787. The van der Waals surface area contributed by atoms with Gasteiger partial charge in [-0.05, 0) is 20.8 Å². The SMILES string of the molecule is COC[C@H](C)Oc1cc(C(=O)Nc2nccs2)cc(OC(C)C)n1. The molecule has 1 atom stereocenters. The molecule has 130 valence electrons. The van der Waals surface area contributed by atoms with E-state index < -0.39 is 0 Å². The molecule has 1 N–H and O–H groups in total. The molecular weight excluding hydrogens is 330 g/mol. The van der Waals surface area contributed by atoms with Crippen molar-refractivity contribution in [2.75, 3.05) is 19.0 Å². The zero-order valence-corrected chi connectivity index (χ0v) is 14.9. The number of nitrogens with one attached hydrogen (secondary N) is 1. The van der Waals surface area contributed by atoms with Crippen LogP contribution in [0.4, 0.5) is 5.13 Å². The van der Waals surface area contributed by atoms with Crippen molar-refractivity contribution in [3.05, 3.63) is 29.3 Å². The molecule has 0 aliphatic rings. The molecule has 2 aromatic rings. The maximum atomic E-state index is 12.4. The molecule has 8 heteroatoms. The highest BCUT2D eigenvalue weighted by Crippen LogP contribution is 2.21. The Kier molecular flexibility index (Phi) is 6.51. The van der Waals surface area contributed by atoms with E-state index >= 15 is 0 Å². The summed E-state index contributed by atoms with van der Waals surface area (Å²) < 4.78 is 16.3. The summed E-state index contributed by atoms with van der Waals surface area (Å²) in [4.78, 5) is 20.7. The molecule has 1 amide bonds. The van der Waals surface area contributed by atoms with E-state index in [1.54, 1.807) is 30.8 Å². The molecule has 0 aliphatic carbocycles. The van der Waals surface area contributed by atoms with Gasteiger partial charge in [0, 0.05) is 30.8 Å². The van der Waals surface area contributed by atoms with E-state index in [2.05, 4.69) is 15.3 Å². The summed E-state index contributed by atoms with van der Waals surface area (Å²) in [6, 6.07) is 3.15. The van der Waals surface area contributed by atoms with Crippen molar-refractivity contribution >= 4 is 22.4 Å². The molecule has 2 aromatic heterocycles. The van der Waals surface area contributed by atoms with Crippen LogP contribution in [-0.2, 0) is 4.74 Å². The molecule has 24 heavy (non-hydrogen) atoms. The maximum absolute atomic E-state index is 12.4. The van der Waals surface area contributed by atoms with Crippen molar-refractivity contribution in [3.63, 3.8) is 0 Å². The van der Waals surface area contributed by atoms with E-state index in [1.807, 2.05) is 20.8 Å². The number of hydrogen-bond donors (Lipinski definition) is 1. The first-order valence-electron chi connectivity index (χ1n) is 7.53. The highest BCUT2D eigenvalue weighted by atomic mass is 32.1. The third-order valence-electron chi connectivity index (χ3n) is 2.77. The third-order valence-corrected chi connectivity index (χ3v) is 3.46. The summed E-state index contributed by atoms with van der Waals surface area (Å²) in [7, 11) is 1.60. The number of amides is 1. The average molecular weight is 351 g/mol. The van der Waals surface area contributed by atoms with Gasteiger partial charge >= 0.3 is 0 Å². The molecule has 0 saturated carbocycles. The van der Waals surface area contributed by atoms with Crippen LogP contribution < -0.4 is 14.8 Å². The lowest BCUT2D eigenvalue weighted by Crippen LogP contribution is -2.20. The number of hydrogen-bond acceptors (Lipinski definition) is 7. The van der Waals surface area contributed by atoms with Crippen LogP contribution in [0.1, 0.15) is 31.1 Å². The van der Waals surface area contributed by atoms with Gasteiger partial charge in [-0.25, -0.2) is 4.98 Å². The van der Waals surface area contributed by atoms with E-state index in [-0.39, 0.29) is 18.1 Å². The fourth-order valence-electron chi connectivity index (χ4n) is 1.90. The molecule has 7 nitrogen and oxygen atoms in total. The Balaban J connectivity index is 2.22. The first-order valence-corrected chi connectivity index (χ1v) is 8.41. The standard InChI is InChI=1S/C16H21N3O4S/c1-10(2)22-13-7-12(15(20)19-16-17-5-6-24-16)8-14(18-13)23-11(3)9-21-4/h5-8,10-11H,9H2,1-4H3,(H,17,19,20)/t11-/m0/s1. The van der Waals surface area contributed by atoms with Crippen molar-refractivity contribution in [1.29, 1.82) is 0 Å². The fourth-order valence-corrected chi connectivity index (χ4v) is 2.43. The van der Waals surface area contributed by atoms with Gasteiger partial charge in [-0.3, -0.25) is 10.1 Å². The van der Waals surface area contributed by atoms with Gasteiger partial charge < -0.3 is 14.2 Å². The van der Waals surface area contributed by atoms with Crippen LogP contribution in [0.3, 0.4) is 0 Å². The molecule has 0 saturated heterocycles. The van der Waals surface area contributed by atoms with E-state index in [0.29, 0.717) is 29.1 Å². The number of pyridine rings is 1. The first-order chi connectivity index (χ1) is 11.5. The fraction of sp³-hybridized carbons (Fsp3) is 0.438. The minimum absolute atomic E-state index is 0.0703. The van der Waals surface area contributed by atoms with E-state index in [0.717, 1.165) is 0 Å². The molecule has 2 heterocycles. The van der Waals surface area contributed by atoms with Crippen molar-refractivity contribution in [3.8, 4) is 11.8 Å². The van der Waals surface area contributed by atoms with Gasteiger partial charge in [0.1, 0.15) is 6.10 Å². The lowest BCUT2D eigenvalue weighted by Gasteiger charge is -2.16. The Hall–Kier alpha value is -2.19. The Morgan fingerprint density at radius 3 is 2.54 bits per heavy atom. The maximum Gasteiger partial charge on any atom is 0.257 e. The van der Waals surface area contributed by atoms with Crippen LogP contribution in [0.15, 0.2) is 23.7 Å². The summed E-state index contributed by atoms with van der Waals surface area (Å²) in [6.07, 6.45) is 1.35. The Bertz CT molecular complexity index is 661. The molecule has 0 spiro atoms. The van der Waals surface area contributed by atoms with Crippen molar-refractivity contribution in [1.82, 2.24) is 9.97 Å². The number of ether oxygens (including phenoxy) is 3. The minimum atomic E-state index is -0.301. The first kappa shape index (κ1) is 18.2. The van der Waals surface area contributed by atoms with E-state index in [1.165, 1.54) is 11.3 Å². The van der Waals surface area contributed by atoms with E-state index in [4.69, 9.17) is 14.2 Å². The number of rotatable bonds is 8. The van der Waals surface area contributed by atoms with Gasteiger partial charge in [0.2, 0.25) is 11.8 Å². The Morgan fingerprint density at radius 1 is 1.25 bits per heavy atom. The van der Waals surface area contributed by atoms with Crippen LogP contribution in [0.5, 0.6) is 11.8 Å². The van der Waals surface area contributed by atoms with Crippen molar-refractivity contribution < 1.29 is 19.0 Å². The molecular formula is C16H21N3O4S. The highest BCUT2D eigenvalue weighted by Gasteiger charge is 2.15. The average Bonchev–Trinajstić information content (AvgIpc) is 2.99. The lowest BCUT2D eigenvalue weighted by atomic mass is 10.2. The van der Waals surface area contributed by atoms with Crippen LogP contribution in [-0.4, -0.2) is 41.8 Å². The zero-order chi connectivity index (χ0) is 17.5. The molecule has 0 aliphatic heterocycles. The monoisotopic (exact) mass is 351 g/mol. The Labute approximate surface area is 145 Å². The molecule has 0 bridgehead atoms. The molecule has 2 rings (SSSR count). The number of carbonyl (C=O) groups excluding carboxylic acids is 1. The second-order valence-corrected chi connectivity index (χ2v) is 6.27. The number of anilines is 1. The topological polar surface area (TPSA) is 82.6 Å². The molecule has 0 radical (unpaired) electrons. The number of aromatic nitrogens is 2. The number of methoxy groups -OCH3 is 1. The molecule has 0 unspecified atom stereocenters. The smallest absolute Gasteiger partial charge is 0.257 e. The van der Waals surface area contributed by atoms with Crippen LogP contribution >= 0.6 is 11.3 Å². The van der Waals surface area contributed by atoms with Crippen LogP contribution in [0.25, 0.3) is 0 Å². The van der Waals surface area contributed by atoms with Crippen LogP contribution in [0, 0.1) is 0 Å². The highest BCUT2D eigenvalue weighted by molar-refractivity contribution is 7.13. The summed E-state index contributed by atoms with van der Waals surface area (Å²) >= 11 is 1.34. The normalized spacial score (nSPS) is 12.0. The second-order valence-electron chi connectivity index (χ2n) is 5.37. The largest absolute Gasteiger partial charge is 0.475 e. The molecule has 0 fully saturated rings. The van der Waals surface area contributed by atoms with Crippen molar-refractivity contribution in [2.24, 2.45) is 0 Å². The summed E-state index contributed by atoms with van der Waals surface area (Å²) in [5.41, 5.74) is 0.385. The Morgan fingerprint density at radius 2 is 1.96 bits per heavy atom. The summed E-state index contributed by atoms with van der Waals surface area (Å²) in [5, 5.41) is 5.04. The van der Waals surface area contributed by atoms with Crippen molar-refractivity contribution in [2.45, 2.75) is 33.0 Å². The number of nitrogens with zero attached hydrogens (tertiary/aromatic N) is 2. The molecule has 0 aromatic carbocycles. The summed E-state index contributed by atoms with van der Waals surface area (Å²) in [6.45, 7) is 6.05. The van der Waals surface area contributed by atoms with Crippen LogP contribution in [0.2, 0.25) is 0 Å².